The summed E-state index contributed by atoms with van der Waals surface area (Å²) >= 11 is 0. The van der Waals surface area contributed by atoms with Crippen molar-refractivity contribution in [2.45, 2.75) is 44.5 Å². The Hall–Kier alpha value is -0.980. The van der Waals surface area contributed by atoms with E-state index in [4.69, 9.17) is 0 Å². The molecule has 1 saturated heterocycles. The van der Waals surface area contributed by atoms with Crippen LogP contribution in [0.4, 0.5) is 18.0 Å². The Bertz CT molecular complexity index is 269. The lowest BCUT2D eigenvalue weighted by molar-refractivity contribution is -0.123. The van der Waals surface area contributed by atoms with Gasteiger partial charge in [-0.2, -0.15) is 13.2 Å². The summed E-state index contributed by atoms with van der Waals surface area (Å²) in [5.74, 6) is 0. The van der Waals surface area contributed by atoms with E-state index in [-0.39, 0.29) is 6.04 Å². The number of rotatable bonds is 3. The number of carbonyl (C=O) groups is 1. The quantitative estimate of drug-likeness (QED) is 0.801. The van der Waals surface area contributed by atoms with Crippen LogP contribution in [0, 0.1) is 0 Å². The number of aliphatic hydroxyl groups is 1. The molecule has 17 heavy (non-hydrogen) atoms. The van der Waals surface area contributed by atoms with E-state index < -0.39 is 24.9 Å². The summed E-state index contributed by atoms with van der Waals surface area (Å²) in [6.45, 7) is 0.731. The molecule has 1 rings (SSSR count). The van der Waals surface area contributed by atoms with Gasteiger partial charge in [0.25, 0.3) is 0 Å². The minimum atomic E-state index is -4.39. The van der Waals surface area contributed by atoms with Crippen LogP contribution in [0.3, 0.4) is 0 Å². The maximum absolute atomic E-state index is 11.9. The van der Waals surface area contributed by atoms with Crippen LogP contribution >= 0.6 is 0 Å². The minimum Gasteiger partial charge on any atom is -0.393 e. The van der Waals surface area contributed by atoms with Gasteiger partial charge in [0.15, 0.2) is 0 Å². The van der Waals surface area contributed by atoms with E-state index in [0.717, 1.165) is 12.8 Å². The van der Waals surface area contributed by atoms with E-state index in [1.54, 1.807) is 6.92 Å². The van der Waals surface area contributed by atoms with Crippen LogP contribution in [0.1, 0.15) is 26.2 Å². The molecule has 100 valence electrons. The molecule has 2 N–H and O–H groups in total. The average Bonchev–Trinajstić information content (AvgIpc) is 2.60. The second kappa shape index (κ2) is 5.57. The molecule has 2 atom stereocenters. The van der Waals surface area contributed by atoms with Gasteiger partial charge in [-0.05, 0) is 26.2 Å². The maximum atomic E-state index is 11.9. The molecule has 0 aromatic rings. The van der Waals surface area contributed by atoms with Gasteiger partial charge in [0, 0.05) is 12.6 Å². The number of nitrogens with zero attached hydrogens (tertiary/aromatic N) is 1. The number of urea groups is 1. The monoisotopic (exact) mass is 254 g/mol. The lowest BCUT2D eigenvalue weighted by atomic mass is 10.1. The predicted molar refractivity (Wildman–Crippen MR) is 55.5 cm³/mol. The van der Waals surface area contributed by atoms with Crippen LogP contribution in [0.25, 0.3) is 0 Å². The molecule has 2 amide bonds. The normalized spacial score (nSPS) is 22.6. The molecule has 7 heteroatoms. The third-order valence-corrected chi connectivity index (χ3v) is 2.69. The first kappa shape index (κ1) is 14.1. The average molecular weight is 254 g/mol. The molecule has 1 aliphatic heterocycles. The largest absolute Gasteiger partial charge is 0.405 e. The predicted octanol–water partition coefficient (Wildman–Crippen LogP) is 1.49. The Morgan fingerprint density at radius 1 is 1.59 bits per heavy atom. The number of hydrogen-bond donors (Lipinski definition) is 2. The fourth-order valence-corrected chi connectivity index (χ4v) is 2.02. The summed E-state index contributed by atoms with van der Waals surface area (Å²) in [5.41, 5.74) is 0. The zero-order valence-electron chi connectivity index (χ0n) is 9.63. The van der Waals surface area contributed by atoms with Gasteiger partial charge in [-0.15, -0.1) is 0 Å². The molecule has 2 unspecified atom stereocenters. The molecule has 4 nitrogen and oxygen atoms in total. The lowest BCUT2D eigenvalue weighted by Gasteiger charge is -2.26. The number of carbonyl (C=O) groups excluding carboxylic acids is 1. The second-order valence-electron chi connectivity index (χ2n) is 4.35. The molecule has 0 aromatic carbocycles. The van der Waals surface area contributed by atoms with Crippen molar-refractivity contribution in [1.29, 1.82) is 0 Å². The number of hydrogen-bond acceptors (Lipinski definition) is 2. The van der Waals surface area contributed by atoms with Gasteiger partial charge in [0.1, 0.15) is 6.54 Å². The van der Waals surface area contributed by atoms with Crippen molar-refractivity contribution >= 4 is 6.03 Å². The van der Waals surface area contributed by atoms with E-state index in [9.17, 15) is 23.1 Å². The standard InChI is InChI=1S/C10H17F3N2O2/c1-7(16)5-8-3-2-4-15(8)9(17)14-6-10(11,12)13/h7-8,16H,2-6H2,1H3,(H,14,17). The maximum Gasteiger partial charge on any atom is 0.405 e. The third-order valence-electron chi connectivity index (χ3n) is 2.69. The highest BCUT2D eigenvalue weighted by Crippen LogP contribution is 2.21. The summed E-state index contributed by atoms with van der Waals surface area (Å²) in [7, 11) is 0. The van der Waals surface area contributed by atoms with Crippen molar-refractivity contribution in [2.24, 2.45) is 0 Å². The van der Waals surface area contributed by atoms with Gasteiger partial charge in [-0.1, -0.05) is 0 Å². The molecule has 0 aromatic heterocycles. The van der Waals surface area contributed by atoms with E-state index in [0.29, 0.717) is 13.0 Å². The second-order valence-corrected chi connectivity index (χ2v) is 4.35. The number of nitrogens with one attached hydrogen (secondary N) is 1. The zero-order chi connectivity index (χ0) is 13.1. The van der Waals surface area contributed by atoms with Crippen molar-refractivity contribution in [3.05, 3.63) is 0 Å². The third kappa shape index (κ3) is 4.80. The number of aliphatic hydroxyl groups excluding tert-OH is 1. The molecule has 0 spiro atoms. The Balaban J connectivity index is 2.44. The molecular formula is C10H17F3N2O2. The molecular weight excluding hydrogens is 237 g/mol. The van der Waals surface area contributed by atoms with Crippen LogP contribution in [-0.4, -0.2) is 47.4 Å². The Kier molecular flexibility index (Phi) is 4.62. The molecule has 0 radical (unpaired) electrons. The van der Waals surface area contributed by atoms with Gasteiger partial charge < -0.3 is 15.3 Å². The fraction of sp³-hybridized carbons (Fsp3) is 0.900. The number of alkyl halides is 3. The summed E-state index contributed by atoms with van der Waals surface area (Å²) in [5, 5.41) is 11.1. The first-order chi connectivity index (χ1) is 7.79. The van der Waals surface area contributed by atoms with Crippen molar-refractivity contribution in [2.75, 3.05) is 13.1 Å². The number of likely N-dealkylation sites (tertiary alicyclic amines) is 1. The Labute approximate surface area is 97.8 Å². The molecule has 0 saturated carbocycles. The van der Waals surface area contributed by atoms with Crippen LogP contribution in [0.15, 0.2) is 0 Å². The van der Waals surface area contributed by atoms with Gasteiger partial charge in [-0.3, -0.25) is 0 Å². The summed E-state index contributed by atoms with van der Waals surface area (Å²) in [6.07, 6.45) is -3.06. The summed E-state index contributed by atoms with van der Waals surface area (Å²) in [6, 6.07) is -0.867. The minimum absolute atomic E-state index is 0.164. The lowest BCUT2D eigenvalue weighted by Crippen LogP contribution is -2.46. The smallest absolute Gasteiger partial charge is 0.393 e. The highest BCUT2D eigenvalue weighted by molar-refractivity contribution is 5.74. The van der Waals surface area contributed by atoms with Crippen LogP contribution < -0.4 is 5.32 Å². The Morgan fingerprint density at radius 2 is 2.24 bits per heavy atom. The van der Waals surface area contributed by atoms with E-state index >= 15 is 0 Å². The molecule has 1 aliphatic rings. The van der Waals surface area contributed by atoms with Gasteiger partial charge in [-0.25, -0.2) is 4.79 Å². The molecule has 0 bridgehead atoms. The van der Waals surface area contributed by atoms with E-state index in [1.165, 1.54) is 4.90 Å². The summed E-state index contributed by atoms with van der Waals surface area (Å²) in [4.78, 5) is 12.9. The number of halogens is 3. The van der Waals surface area contributed by atoms with Gasteiger partial charge in [0.2, 0.25) is 0 Å². The van der Waals surface area contributed by atoms with Crippen molar-refractivity contribution in [3.63, 3.8) is 0 Å². The van der Waals surface area contributed by atoms with Crippen molar-refractivity contribution in [1.82, 2.24) is 10.2 Å². The van der Waals surface area contributed by atoms with Crippen LogP contribution in [0.2, 0.25) is 0 Å². The highest BCUT2D eigenvalue weighted by Gasteiger charge is 2.33. The molecule has 1 fully saturated rings. The van der Waals surface area contributed by atoms with Gasteiger partial charge >= 0.3 is 12.2 Å². The van der Waals surface area contributed by atoms with E-state index in [2.05, 4.69) is 0 Å². The fourth-order valence-electron chi connectivity index (χ4n) is 2.02. The topological polar surface area (TPSA) is 52.6 Å². The first-order valence-corrected chi connectivity index (χ1v) is 5.59. The van der Waals surface area contributed by atoms with Crippen molar-refractivity contribution in [3.8, 4) is 0 Å². The van der Waals surface area contributed by atoms with Crippen LogP contribution in [-0.2, 0) is 0 Å². The van der Waals surface area contributed by atoms with Crippen molar-refractivity contribution < 1.29 is 23.1 Å². The number of amides is 2. The summed E-state index contributed by atoms with van der Waals surface area (Å²) < 4.78 is 35.8. The zero-order valence-corrected chi connectivity index (χ0v) is 9.63. The highest BCUT2D eigenvalue weighted by atomic mass is 19.4. The van der Waals surface area contributed by atoms with Crippen LogP contribution in [0.5, 0.6) is 0 Å². The first-order valence-electron chi connectivity index (χ1n) is 5.59. The molecule has 0 aliphatic carbocycles. The SMILES string of the molecule is CC(O)CC1CCCN1C(=O)NCC(F)(F)F. The Morgan fingerprint density at radius 3 is 2.76 bits per heavy atom. The van der Waals surface area contributed by atoms with Gasteiger partial charge in [0.05, 0.1) is 6.10 Å². The molecule has 1 heterocycles. The van der Waals surface area contributed by atoms with E-state index in [1.807, 2.05) is 5.32 Å².